The molecule has 4 aromatic rings. The number of halogens is 1. The van der Waals surface area contributed by atoms with E-state index < -0.39 is 0 Å². The van der Waals surface area contributed by atoms with Gasteiger partial charge in [-0.05, 0) is 64.2 Å². The molecule has 1 N–H and O–H groups in total. The smallest absolute Gasteiger partial charge is 0.0772 e. The van der Waals surface area contributed by atoms with Gasteiger partial charge in [0, 0.05) is 17.5 Å². The van der Waals surface area contributed by atoms with E-state index in [1.807, 2.05) is 18.2 Å². The molecule has 31 heavy (non-hydrogen) atoms. The molecule has 0 amide bonds. The van der Waals surface area contributed by atoms with Crippen molar-refractivity contribution in [1.29, 1.82) is 0 Å². The first kappa shape index (κ1) is 20.3. The van der Waals surface area contributed by atoms with Gasteiger partial charge in [-0.1, -0.05) is 84.4 Å². The monoisotopic (exact) mass is 427 g/mol. The van der Waals surface area contributed by atoms with Gasteiger partial charge in [-0.2, -0.15) is 0 Å². The van der Waals surface area contributed by atoms with E-state index in [0.717, 1.165) is 30.1 Å². The van der Waals surface area contributed by atoms with Crippen molar-refractivity contribution in [3.8, 4) is 11.1 Å². The van der Waals surface area contributed by atoms with Crippen LogP contribution in [-0.2, 0) is 11.3 Å². The maximum Gasteiger partial charge on any atom is 0.0772 e. The van der Waals surface area contributed by atoms with Gasteiger partial charge in [0.25, 0.3) is 0 Å². The average molecular weight is 428 g/mol. The van der Waals surface area contributed by atoms with Crippen molar-refractivity contribution in [2.75, 3.05) is 13.1 Å². The summed E-state index contributed by atoms with van der Waals surface area (Å²) in [4.78, 5) is 0. The fourth-order valence-electron chi connectivity index (χ4n) is 4.54. The summed E-state index contributed by atoms with van der Waals surface area (Å²) in [5.41, 5.74) is 4.90. The molecule has 4 aromatic carbocycles. The first-order chi connectivity index (χ1) is 15.3. The van der Waals surface area contributed by atoms with Crippen molar-refractivity contribution in [1.82, 2.24) is 5.32 Å². The highest BCUT2D eigenvalue weighted by molar-refractivity contribution is 6.30. The van der Waals surface area contributed by atoms with Crippen LogP contribution in [0, 0.1) is 0 Å². The summed E-state index contributed by atoms with van der Waals surface area (Å²) < 4.78 is 6.47. The number of piperidine rings is 1. The number of benzene rings is 4. The molecular weight excluding hydrogens is 402 g/mol. The molecule has 0 radical (unpaired) electrons. The van der Waals surface area contributed by atoms with Gasteiger partial charge < -0.3 is 10.1 Å². The average Bonchev–Trinajstić information content (AvgIpc) is 2.83. The van der Waals surface area contributed by atoms with Crippen molar-refractivity contribution < 1.29 is 4.74 Å². The van der Waals surface area contributed by atoms with Gasteiger partial charge in [0.05, 0.1) is 12.7 Å². The van der Waals surface area contributed by atoms with Gasteiger partial charge in [-0.3, -0.25) is 0 Å². The lowest BCUT2D eigenvalue weighted by molar-refractivity contribution is 0.0107. The van der Waals surface area contributed by atoms with Crippen LogP contribution in [0.15, 0.2) is 91.0 Å². The third kappa shape index (κ3) is 4.67. The van der Waals surface area contributed by atoms with E-state index in [9.17, 15) is 0 Å². The lowest BCUT2D eigenvalue weighted by Crippen LogP contribution is -2.41. The van der Waals surface area contributed by atoms with E-state index in [1.165, 1.54) is 27.5 Å². The molecule has 3 heteroatoms. The van der Waals surface area contributed by atoms with Crippen molar-refractivity contribution in [3.05, 3.63) is 107 Å². The highest BCUT2D eigenvalue weighted by Crippen LogP contribution is 2.32. The standard InChI is InChI=1S/C28H26ClNO/c29-26-10-4-8-24(17-26)23-7-3-9-25(16-23)27-13-14-30-18-28(27)31-19-20-11-12-21-5-1-2-6-22(21)15-20/h1-12,15-17,27-28,30H,13-14,18-19H2. The predicted octanol–water partition coefficient (Wildman–Crippen LogP) is 6.82. The van der Waals surface area contributed by atoms with Crippen LogP contribution in [0.1, 0.15) is 23.5 Å². The minimum atomic E-state index is 0.148. The second-order valence-electron chi connectivity index (χ2n) is 8.27. The molecule has 0 aliphatic carbocycles. The fourth-order valence-corrected chi connectivity index (χ4v) is 4.73. The van der Waals surface area contributed by atoms with E-state index >= 15 is 0 Å². The molecule has 1 aliphatic rings. The Labute approximate surface area is 188 Å². The summed E-state index contributed by atoms with van der Waals surface area (Å²) >= 11 is 6.21. The van der Waals surface area contributed by atoms with E-state index in [-0.39, 0.29) is 6.10 Å². The molecule has 2 atom stereocenters. The normalized spacial score (nSPS) is 18.9. The molecule has 0 saturated carbocycles. The van der Waals surface area contributed by atoms with E-state index in [1.54, 1.807) is 0 Å². The number of rotatable bonds is 5. The van der Waals surface area contributed by atoms with Crippen LogP contribution in [0.4, 0.5) is 0 Å². The Morgan fingerprint density at radius 2 is 1.61 bits per heavy atom. The molecule has 1 aliphatic heterocycles. The summed E-state index contributed by atoms with van der Waals surface area (Å²) in [6, 6.07) is 31.9. The zero-order valence-electron chi connectivity index (χ0n) is 17.4. The van der Waals surface area contributed by atoms with Crippen LogP contribution >= 0.6 is 11.6 Å². The van der Waals surface area contributed by atoms with Gasteiger partial charge in [0.1, 0.15) is 0 Å². The number of nitrogens with one attached hydrogen (secondary N) is 1. The number of hydrogen-bond donors (Lipinski definition) is 1. The molecule has 0 spiro atoms. The summed E-state index contributed by atoms with van der Waals surface area (Å²) in [5.74, 6) is 0.376. The Bertz CT molecular complexity index is 1190. The SMILES string of the molecule is Clc1cccc(-c2cccc(C3CCNCC3OCc3ccc4ccccc4c3)c2)c1. The van der Waals surface area contributed by atoms with Crippen LogP contribution in [-0.4, -0.2) is 19.2 Å². The molecule has 1 fully saturated rings. The van der Waals surface area contributed by atoms with Crippen LogP contribution in [0.25, 0.3) is 21.9 Å². The molecule has 0 aromatic heterocycles. The fraction of sp³-hybridized carbons (Fsp3) is 0.214. The molecule has 5 rings (SSSR count). The molecule has 1 saturated heterocycles. The molecule has 156 valence electrons. The number of fused-ring (bicyclic) bond motifs is 1. The first-order valence-corrected chi connectivity index (χ1v) is 11.3. The maximum atomic E-state index is 6.47. The van der Waals surface area contributed by atoms with Gasteiger partial charge in [0.2, 0.25) is 0 Å². The number of hydrogen-bond acceptors (Lipinski definition) is 2. The van der Waals surface area contributed by atoms with Crippen molar-refractivity contribution in [3.63, 3.8) is 0 Å². The highest BCUT2D eigenvalue weighted by atomic mass is 35.5. The molecule has 2 nitrogen and oxygen atoms in total. The summed E-state index contributed by atoms with van der Waals surface area (Å²) in [6.07, 6.45) is 1.22. The lowest BCUT2D eigenvalue weighted by atomic mass is 9.86. The van der Waals surface area contributed by atoms with Gasteiger partial charge in [-0.25, -0.2) is 0 Å². The van der Waals surface area contributed by atoms with Crippen LogP contribution in [0.3, 0.4) is 0 Å². The van der Waals surface area contributed by atoms with Crippen LogP contribution in [0.2, 0.25) is 5.02 Å². The molecular formula is C28H26ClNO. The van der Waals surface area contributed by atoms with Crippen molar-refractivity contribution in [2.24, 2.45) is 0 Å². The van der Waals surface area contributed by atoms with E-state index in [0.29, 0.717) is 12.5 Å². The Kier molecular flexibility index (Phi) is 6.04. The first-order valence-electron chi connectivity index (χ1n) is 10.9. The Balaban J connectivity index is 1.35. The summed E-state index contributed by atoms with van der Waals surface area (Å²) in [7, 11) is 0. The second kappa shape index (κ2) is 9.23. The summed E-state index contributed by atoms with van der Waals surface area (Å²) in [5, 5.41) is 6.80. The third-order valence-electron chi connectivity index (χ3n) is 6.18. The Hall–Kier alpha value is -2.65. The largest absolute Gasteiger partial charge is 0.372 e. The quantitative estimate of drug-likeness (QED) is 0.377. The predicted molar refractivity (Wildman–Crippen MR) is 130 cm³/mol. The minimum Gasteiger partial charge on any atom is -0.372 e. The van der Waals surface area contributed by atoms with Crippen LogP contribution in [0.5, 0.6) is 0 Å². The van der Waals surface area contributed by atoms with E-state index in [2.05, 4.69) is 78.1 Å². The third-order valence-corrected chi connectivity index (χ3v) is 6.41. The number of ether oxygens (including phenoxy) is 1. The van der Waals surface area contributed by atoms with Crippen molar-refractivity contribution in [2.45, 2.75) is 25.0 Å². The van der Waals surface area contributed by atoms with Crippen LogP contribution < -0.4 is 5.32 Å². The second-order valence-corrected chi connectivity index (χ2v) is 8.70. The Morgan fingerprint density at radius 3 is 2.48 bits per heavy atom. The Morgan fingerprint density at radius 1 is 0.806 bits per heavy atom. The lowest BCUT2D eigenvalue weighted by Gasteiger charge is -2.33. The zero-order valence-corrected chi connectivity index (χ0v) is 18.2. The van der Waals surface area contributed by atoms with E-state index in [4.69, 9.17) is 16.3 Å². The van der Waals surface area contributed by atoms with Gasteiger partial charge >= 0.3 is 0 Å². The summed E-state index contributed by atoms with van der Waals surface area (Å²) in [6.45, 7) is 2.52. The molecule has 0 bridgehead atoms. The maximum absolute atomic E-state index is 6.47. The topological polar surface area (TPSA) is 21.3 Å². The van der Waals surface area contributed by atoms with Gasteiger partial charge in [0.15, 0.2) is 0 Å². The highest BCUT2D eigenvalue weighted by Gasteiger charge is 2.27. The molecule has 2 unspecified atom stereocenters. The van der Waals surface area contributed by atoms with Crippen molar-refractivity contribution >= 4 is 22.4 Å². The van der Waals surface area contributed by atoms with Gasteiger partial charge in [-0.15, -0.1) is 0 Å². The molecule has 1 heterocycles. The minimum absolute atomic E-state index is 0.148. The zero-order chi connectivity index (χ0) is 21.0.